The fraction of sp³-hybridized carbons (Fsp3) is 0.500. The molecule has 0 aromatic heterocycles. The summed E-state index contributed by atoms with van der Waals surface area (Å²) in [4.78, 5) is 9.99. The summed E-state index contributed by atoms with van der Waals surface area (Å²) in [5.41, 5.74) is 0.570. The molecule has 1 aromatic rings. The zero-order valence-corrected chi connectivity index (χ0v) is 9.91. The molecule has 1 aromatic carbocycles. The molecule has 5 nitrogen and oxygen atoms in total. The van der Waals surface area contributed by atoms with Gasteiger partial charge in [0.25, 0.3) is 5.69 Å². The minimum Gasteiger partial charge on any atom is -0.393 e. The Labute approximate surface area is 99.9 Å². The zero-order valence-electron chi connectivity index (χ0n) is 9.91. The molecule has 0 saturated heterocycles. The molecule has 0 spiro atoms. The maximum absolute atomic E-state index is 10.5. The van der Waals surface area contributed by atoms with Crippen LogP contribution in [0.25, 0.3) is 0 Å². The average Bonchev–Trinajstić information content (AvgIpc) is 2.36. The molecule has 0 heterocycles. The second kappa shape index (κ2) is 5.75. The first-order valence-corrected chi connectivity index (χ1v) is 5.57. The molecule has 94 valence electrons. The molecule has 17 heavy (non-hydrogen) atoms. The molecule has 0 unspecified atom stereocenters. The van der Waals surface area contributed by atoms with Crippen LogP contribution in [0.1, 0.15) is 31.9 Å². The third-order valence-electron chi connectivity index (χ3n) is 2.97. The minimum atomic E-state index is -0.814. The standard InChI is InChI=1S/C12H17NO4/c1-3-11(14)8(2)12(15)9-4-6-10(7-5-9)13(16)17/h4-8,11-12,14-15H,3H2,1-2H3/t8-,11-,12+/m1/s1. The number of aliphatic hydroxyl groups excluding tert-OH is 2. The Bertz CT molecular complexity index is 377. The van der Waals surface area contributed by atoms with Gasteiger partial charge in [0.15, 0.2) is 0 Å². The molecule has 0 amide bonds. The molecule has 0 saturated carbocycles. The van der Waals surface area contributed by atoms with Crippen molar-refractivity contribution in [3.05, 3.63) is 39.9 Å². The summed E-state index contributed by atoms with van der Waals surface area (Å²) in [6.45, 7) is 3.59. The molecular formula is C12H17NO4. The first kappa shape index (κ1) is 13.6. The van der Waals surface area contributed by atoms with Gasteiger partial charge in [0.05, 0.1) is 17.1 Å². The maximum Gasteiger partial charge on any atom is 0.269 e. The van der Waals surface area contributed by atoms with Crippen molar-refractivity contribution in [2.75, 3.05) is 0 Å². The largest absolute Gasteiger partial charge is 0.393 e. The predicted octanol–water partition coefficient (Wildman–Crippen LogP) is 2.04. The number of non-ortho nitro benzene ring substituents is 1. The average molecular weight is 239 g/mol. The number of nitrogens with zero attached hydrogens (tertiary/aromatic N) is 1. The van der Waals surface area contributed by atoms with E-state index < -0.39 is 17.1 Å². The van der Waals surface area contributed by atoms with Gasteiger partial charge in [0.1, 0.15) is 0 Å². The first-order valence-electron chi connectivity index (χ1n) is 5.57. The topological polar surface area (TPSA) is 83.6 Å². The highest BCUT2D eigenvalue weighted by molar-refractivity contribution is 5.33. The molecule has 0 aliphatic carbocycles. The second-order valence-electron chi connectivity index (χ2n) is 4.13. The van der Waals surface area contributed by atoms with Crippen LogP contribution in [0.15, 0.2) is 24.3 Å². The quantitative estimate of drug-likeness (QED) is 0.608. The first-order chi connectivity index (χ1) is 7.97. The van der Waals surface area contributed by atoms with Gasteiger partial charge in [-0.25, -0.2) is 0 Å². The van der Waals surface area contributed by atoms with Crippen LogP contribution >= 0.6 is 0 Å². The van der Waals surface area contributed by atoms with Gasteiger partial charge in [-0.05, 0) is 24.1 Å². The van der Waals surface area contributed by atoms with E-state index in [0.717, 1.165) is 0 Å². The van der Waals surface area contributed by atoms with Crippen molar-refractivity contribution in [1.29, 1.82) is 0 Å². The smallest absolute Gasteiger partial charge is 0.269 e. The van der Waals surface area contributed by atoms with Crippen LogP contribution in [0, 0.1) is 16.0 Å². The normalized spacial score (nSPS) is 16.2. The van der Waals surface area contributed by atoms with Crippen molar-refractivity contribution in [2.24, 2.45) is 5.92 Å². The van der Waals surface area contributed by atoms with Crippen molar-refractivity contribution in [3.63, 3.8) is 0 Å². The van der Waals surface area contributed by atoms with Gasteiger partial charge < -0.3 is 10.2 Å². The Morgan fingerprint density at radius 1 is 1.29 bits per heavy atom. The molecule has 0 radical (unpaired) electrons. The molecule has 0 fully saturated rings. The molecule has 0 bridgehead atoms. The van der Waals surface area contributed by atoms with Gasteiger partial charge in [-0.1, -0.05) is 13.8 Å². The van der Waals surface area contributed by atoms with E-state index in [0.29, 0.717) is 12.0 Å². The summed E-state index contributed by atoms with van der Waals surface area (Å²) in [6, 6.07) is 5.73. The summed E-state index contributed by atoms with van der Waals surface area (Å²) < 4.78 is 0. The Balaban J connectivity index is 2.82. The van der Waals surface area contributed by atoms with Crippen LogP contribution in [0.5, 0.6) is 0 Å². The zero-order chi connectivity index (χ0) is 13.0. The van der Waals surface area contributed by atoms with E-state index in [9.17, 15) is 20.3 Å². The summed E-state index contributed by atoms with van der Waals surface area (Å²) in [5, 5.41) is 30.1. The van der Waals surface area contributed by atoms with Crippen molar-refractivity contribution in [3.8, 4) is 0 Å². The van der Waals surface area contributed by atoms with Gasteiger partial charge in [0.2, 0.25) is 0 Å². The van der Waals surface area contributed by atoms with Gasteiger partial charge in [-0.2, -0.15) is 0 Å². The van der Waals surface area contributed by atoms with Crippen LogP contribution in [0.3, 0.4) is 0 Å². The fourth-order valence-corrected chi connectivity index (χ4v) is 1.68. The lowest BCUT2D eigenvalue weighted by molar-refractivity contribution is -0.384. The maximum atomic E-state index is 10.5. The van der Waals surface area contributed by atoms with Crippen molar-refractivity contribution >= 4 is 5.69 Å². The van der Waals surface area contributed by atoms with Crippen LogP contribution in [-0.2, 0) is 0 Å². The number of aliphatic hydroxyl groups is 2. The SMILES string of the molecule is CC[C@@H](O)[C@@H](C)[C@H](O)c1ccc([N+](=O)[O-])cc1. The molecule has 0 aliphatic rings. The van der Waals surface area contributed by atoms with Gasteiger partial charge in [-0.3, -0.25) is 10.1 Å². The lowest BCUT2D eigenvalue weighted by Gasteiger charge is -2.23. The molecular weight excluding hydrogens is 222 g/mol. The third kappa shape index (κ3) is 3.25. The van der Waals surface area contributed by atoms with E-state index in [1.165, 1.54) is 24.3 Å². The lowest BCUT2D eigenvalue weighted by atomic mass is 9.91. The lowest BCUT2D eigenvalue weighted by Crippen LogP contribution is -2.23. The Hall–Kier alpha value is -1.46. The van der Waals surface area contributed by atoms with Gasteiger partial charge in [0, 0.05) is 18.1 Å². The van der Waals surface area contributed by atoms with Gasteiger partial charge in [-0.15, -0.1) is 0 Å². The second-order valence-corrected chi connectivity index (χ2v) is 4.13. The molecule has 1 rings (SSSR count). The summed E-state index contributed by atoms with van der Waals surface area (Å²) in [7, 11) is 0. The van der Waals surface area contributed by atoms with Crippen LogP contribution < -0.4 is 0 Å². The van der Waals surface area contributed by atoms with Crippen LogP contribution in [-0.4, -0.2) is 21.2 Å². The van der Waals surface area contributed by atoms with E-state index >= 15 is 0 Å². The van der Waals surface area contributed by atoms with Crippen molar-refractivity contribution in [1.82, 2.24) is 0 Å². The summed E-state index contributed by atoms with van der Waals surface area (Å²) >= 11 is 0. The van der Waals surface area contributed by atoms with Crippen LogP contribution in [0.2, 0.25) is 0 Å². The highest BCUT2D eigenvalue weighted by atomic mass is 16.6. The molecule has 5 heteroatoms. The Kier molecular flexibility index (Phi) is 4.60. The Morgan fingerprint density at radius 3 is 2.24 bits per heavy atom. The highest BCUT2D eigenvalue weighted by Crippen LogP contribution is 2.26. The Morgan fingerprint density at radius 2 is 1.82 bits per heavy atom. The highest BCUT2D eigenvalue weighted by Gasteiger charge is 2.22. The van der Waals surface area contributed by atoms with E-state index in [1.54, 1.807) is 6.92 Å². The van der Waals surface area contributed by atoms with E-state index in [-0.39, 0.29) is 11.6 Å². The number of hydrogen-bond acceptors (Lipinski definition) is 4. The third-order valence-corrected chi connectivity index (χ3v) is 2.97. The molecule has 3 atom stereocenters. The minimum absolute atomic E-state index is 0.00959. The van der Waals surface area contributed by atoms with Gasteiger partial charge >= 0.3 is 0 Å². The molecule has 0 aliphatic heterocycles. The predicted molar refractivity (Wildman–Crippen MR) is 63.5 cm³/mol. The number of nitro groups is 1. The van der Waals surface area contributed by atoms with E-state index in [1.807, 2.05) is 6.92 Å². The number of nitro benzene ring substituents is 1. The fourth-order valence-electron chi connectivity index (χ4n) is 1.68. The number of hydrogen-bond donors (Lipinski definition) is 2. The monoisotopic (exact) mass is 239 g/mol. The number of rotatable bonds is 5. The van der Waals surface area contributed by atoms with E-state index in [2.05, 4.69) is 0 Å². The van der Waals surface area contributed by atoms with Crippen molar-refractivity contribution in [2.45, 2.75) is 32.5 Å². The van der Waals surface area contributed by atoms with E-state index in [4.69, 9.17) is 0 Å². The van der Waals surface area contributed by atoms with Crippen LogP contribution in [0.4, 0.5) is 5.69 Å². The number of benzene rings is 1. The summed E-state index contributed by atoms with van der Waals surface area (Å²) in [6.07, 6.45) is -0.837. The molecule has 2 N–H and O–H groups in total. The van der Waals surface area contributed by atoms with Crippen molar-refractivity contribution < 1.29 is 15.1 Å². The summed E-state index contributed by atoms with van der Waals surface area (Å²) in [5.74, 6) is -0.304.